The maximum Gasteiger partial charge on any atom is 0.165 e. The summed E-state index contributed by atoms with van der Waals surface area (Å²) >= 11 is 0. The van der Waals surface area contributed by atoms with Gasteiger partial charge in [-0.25, -0.2) is 4.39 Å². The molecule has 1 aromatic heterocycles. The Morgan fingerprint density at radius 1 is 1.42 bits per heavy atom. The third-order valence-corrected chi connectivity index (χ3v) is 2.40. The first-order valence-corrected chi connectivity index (χ1v) is 5.88. The van der Waals surface area contributed by atoms with Gasteiger partial charge in [0, 0.05) is 18.0 Å². The highest BCUT2D eigenvalue weighted by molar-refractivity contribution is 5.40. The summed E-state index contributed by atoms with van der Waals surface area (Å²) in [5.74, 6) is 5.34. The molecule has 19 heavy (non-hydrogen) atoms. The normalized spacial score (nSPS) is 9.79. The van der Waals surface area contributed by atoms with E-state index in [1.54, 1.807) is 23.0 Å². The predicted molar refractivity (Wildman–Crippen MR) is 70.1 cm³/mol. The Bertz CT molecular complexity index is 584. The van der Waals surface area contributed by atoms with Crippen LogP contribution in [0.4, 0.5) is 4.39 Å². The maximum atomic E-state index is 13.5. The fourth-order valence-corrected chi connectivity index (χ4v) is 1.53. The van der Waals surface area contributed by atoms with Crippen molar-refractivity contribution in [2.45, 2.75) is 6.54 Å². The molecule has 0 aliphatic rings. The Hall–Kier alpha value is -2.32. The molecule has 0 amide bonds. The Morgan fingerprint density at radius 3 is 3.05 bits per heavy atom. The summed E-state index contributed by atoms with van der Waals surface area (Å²) in [6.45, 7) is 1.17. The fourth-order valence-electron chi connectivity index (χ4n) is 1.53. The minimum absolute atomic E-state index is 0.191. The van der Waals surface area contributed by atoms with E-state index in [0.29, 0.717) is 18.7 Å². The minimum atomic E-state index is -0.404. The van der Waals surface area contributed by atoms with Gasteiger partial charge in [-0.15, -0.1) is 0 Å². The van der Waals surface area contributed by atoms with Crippen molar-refractivity contribution in [2.24, 2.45) is 5.73 Å². The van der Waals surface area contributed by atoms with E-state index < -0.39 is 5.82 Å². The molecule has 2 rings (SSSR count). The standard InChI is InChI=1S/C14H14FN3O/c15-13-5-4-12(3-1-6-16)11-14(13)19-10-9-18-8-2-7-17-18/h2,4-5,7-8,11H,6,9-10,16H2. The number of ether oxygens (including phenoxy) is 1. The van der Waals surface area contributed by atoms with Gasteiger partial charge >= 0.3 is 0 Å². The van der Waals surface area contributed by atoms with E-state index in [0.717, 1.165) is 0 Å². The molecule has 0 aliphatic carbocycles. The van der Waals surface area contributed by atoms with Crippen LogP contribution in [0.5, 0.6) is 5.75 Å². The average molecular weight is 259 g/mol. The molecule has 0 bridgehead atoms. The van der Waals surface area contributed by atoms with Crippen molar-refractivity contribution in [1.29, 1.82) is 0 Å². The largest absolute Gasteiger partial charge is 0.489 e. The molecular formula is C14H14FN3O. The van der Waals surface area contributed by atoms with E-state index in [1.165, 1.54) is 6.07 Å². The van der Waals surface area contributed by atoms with Crippen LogP contribution < -0.4 is 10.5 Å². The van der Waals surface area contributed by atoms with Gasteiger partial charge in [0.15, 0.2) is 11.6 Å². The van der Waals surface area contributed by atoms with Gasteiger partial charge in [-0.3, -0.25) is 4.68 Å². The summed E-state index contributed by atoms with van der Waals surface area (Å²) in [5.41, 5.74) is 5.97. The zero-order chi connectivity index (χ0) is 13.5. The first-order chi connectivity index (χ1) is 9.29. The summed E-state index contributed by atoms with van der Waals surface area (Å²) in [6, 6.07) is 6.33. The first kappa shape index (κ1) is 13.1. The highest BCUT2D eigenvalue weighted by atomic mass is 19.1. The molecule has 2 aromatic rings. The van der Waals surface area contributed by atoms with Crippen molar-refractivity contribution >= 4 is 0 Å². The van der Waals surface area contributed by atoms with Gasteiger partial charge in [0.05, 0.1) is 13.1 Å². The molecule has 5 heteroatoms. The zero-order valence-electron chi connectivity index (χ0n) is 10.3. The lowest BCUT2D eigenvalue weighted by Crippen LogP contribution is -2.09. The van der Waals surface area contributed by atoms with E-state index in [1.807, 2.05) is 12.3 Å². The smallest absolute Gasteiger partial charge is 0.165 e. The molecule has 1 aromatic carbocycles. The molecule has 0 atom stereocenters. The van der Waals surface area contributed by atoms with Gasteiger partial charge < -0.3 is 10.5 Å². The van der Waals surface area contributed by atoms with Gasteiger partial charge in [-0.2, -0.15) is 5.10 Å². The molecule has 0 spiro atoms. The number of nitrogens with zero attached hydrogens (tertiary/aromatic N) is 2. The summed E-state index contributed by atoms with van der Waals surface area (Å²) in [4.78, 5) is 0. The van der Waals surface area contributed by atoms with Crippen LogP contribution in [0.25, 0.3) is 0 Å². The maximum absolute atomic E-state index is 13.5. The topological polar surface area (TPSA) is 53.1 Å². The van der Waals surface area contributed by atoms with Gasteiger partial charge in [0.25, 0.3) is 0 Å². The van der Waals surface area contributed by atoms with Crippen molar-refractivity contribution < 1.29 is 9.13 Å². The van der Waals surface area contributed by atoms with Crippen molar-refractivity contribution in [3.63, 3.8) is 0 Å². The quantitative estimate of drug-likeness (QED) is 0.845. The Balaban J connectivity index is 1.98. The number of hydrogen-bond acceptors (Lipinski definition) is 3. The van der Waals surface area contributed by atoms with Crippen LogP contribution in [-0.4, -0.2) is 22.9 Å². The molecule has 0 aliphatic heterocycles. The molecule has 0 radical (unpaired) electrons. The minimum Gasteiger partial charge on any atom is -0.489 e. The summed E-state index contributed by atoms with van der Waals surface area (Å²) in [6.07, 6.45) is 3.51. The van der Waals surface area contributed by atoms with Crippen molar-refractivity contribution in [1.82, 2.24) is 9.78 Å². The Kier molecular flexibility index (Phi) is 4.54. The van der Waals surface area contributed by atoms with E-state index in [4.69, 9.17) is 10.5 Å². The molecule has 0 saturated heterocycles. The number of nitrogens with two attached hydrogens (primary N) is 1. The summed E-state index contributed by atoms with van der Waals surface area (Å²) < 4.78 is 20.7. The zero-order valence-corrected chi connectivity index (χ0v) is 10.3. The highest BCUT2D eigenvalue weighted by Crippen LogP contribution is 2.18. The predicted octanol–water partition coefficient (Wildman–Crippen LogP) is 1.41. The molecule has 0 unspecified atom stereocenters. The van der Waals surface area contributed by atoms with E-state index in [-0.39, 0.29) is 12.3 Å². The van der Waals surface area contributed by atoms with Crippen molar-refractivity contribution in [3.05, 3.63) is 48.0 Å². The SMILES string of the molecule is NCC#Cc1ccc(F)c(OCCn2cccn2)c1. The molecular weight excluding hydrogens is 245 g/mol. The van der Waals surface area contributed by atoms with Crippen LogP contribution in [0.2, 0.25) is 0 Å². The van der Waals surface area contributed by atoms with Crippen LogP contribution in [-0.2, 0) is 6.54 Å². The van der Waals surface area contributed by atoms with Crippen LogP contribution in [0.15, 0.2) is 36.7 Å². The Labute approximate surface area is 111 Å². The third kappa shape index (κ3) is 3.83. The van der Waals surface area contributed by atoms with Gasteiger partial charge in [0.1, 0.15) is 6.61 Å². The third-order valence-electron chi connectivity index (χ3n) is 2.40. The molecule has 1 heterocycles. The number of rotatable bonds is 4. The van der Waals surface area contributed by atoms with Gasteiger partial charge in [0.2, 0.25) is 0 Å². The number of hydrogen-bond donors (Lipinski definition) is 1. The number of benzene rings is 1. The number of aromatic nitrogens is 2. The van der Waals surface area contributed by atoms with Gasteiger partial charge in [-0.1, -0.05) is 11.8 Å². The van der Waals surface area contributed by atoms with Gasteiger partial charge in [-0.05, 0) is 24.3 Å². The van der Waals surface area contributed by atoms with Crippen molar-refractivity contribution in [2.75, 3.05) is 13.2 Å². The summed E-state index contributed by atoms with van der Waals surface area (Å²) in [7, 11) is 0. The fraction of sp³-hybridized carbons (Fsp3) is 0.214. The highest BCUT2D eigenvalue weighted by Gasteiger charge is 2.04. The second-order valence-electron chi connectivity index (χ2n) is 3.77. The summed E-state index contributed by atoms with van der Waals surface area (Å²) in [5, 5.41) is 4.03. The molecule has 4 nitrogen and oxygen atoms in total. The Morgan fingerprint density at radius 2 is 2.32 bits per heavy atom. The van der Waals surface area contributed by atoms with Crippen LogP contribution in [0.1, 0.15) is 5.56 Å². The van der Waals surface area contributed by atoms with E-state index in [9.17, 15) is 4.39 Å². The monoisotopic (exact) mass is 259 g/mol. The lowest BCUT2D eigenvalue weighted by molar-refractivity contribution is 0.278. The van der Waals surface area contributed by atoms with Crippen LogP contribution >= 0.6 is 0 Å². The molecule has 98 valence electrons. The van der Waals surface area contributed by atoms with E-state index >= 15 is 0 Å². The number of halogens is 1. The lowest BCUT2D eigenvalue weighted by Gasteiger charge is -2.07. The molecule has 2 N–H and O–H groups in total. The van der Waals surface area contributed by atoms with Crippen LogP contribution in [0.3, 0.4) is 0 Å². The molecule has 0 fully saturated rings. The van der Waals surface area contributed by atoms with Crippen LogP contribution in [0, 0.1) is 17.7 Å². The van der Waals surface area contributed by atoms with Crippen molar-refractivity contribution in [3.8, 4) is 17.6 Å². The first-order valence-electron chi connectivity index (χ1n) is 5.88. The second-order valence-corrected chi connectivity index (χ2v) is 3.77. The molecule has 0 saturated carbocycles. The lowest BCUT2D eigenvalue weighted by atomic mass is 10.2. The average Bonchev–Trinajstić information content (AvgIpc) is 2.92. The second kappa shape index (κ2) is 6.57. The van der Waals surface area contributed by atoms with E-state index in [2.05, 4.69) is 16.9 Å².